The number of hydrogen-bond acceptors (Lipinski definition) is 5. The Hall–Kier alpha value is -2.90. The van der Waals surface area contributed by atoms with Crippen LogP contribution in [0.15, 0.2) is 30.6 Å². The predicted molar refractivity (Wildman–Crippen MR) is 75.4 cm³/mol. The number of carbonyl (C=O) groups is 1. The molecule has 2 rings (SSSR count). The molecule has 0 bridgehead atoms. The number of rotatable bonds is 5. The van der Waals surface area contributed by atoms with E-state index in [9.17, 15) is 14.9 Å². The highest BCUT2D eigenvalue weighted by Crippen LogP contribution is 2.31. The molecule has 0 saturated carbocycles. The highest BCUT2D eigenvalue weighted by Gasteiger charge is 2.26. The highest BCUT2D eigenvalue weighted by atomic mass is 16.6. The summed E-state index contributed by atoms with van der Waals surface area (Å²) < 4.78 is 1.63. The van der Waals surface area contributed by atoms with Gasteiger partial charge in [-0.2, -0.15) is 5.10 Å². The van der Waals surface area contributed by atoms with E-state index in [4.69, 9.17) is 5.11 Å². The zero-order valence-electron chi connectivity index (χ0n) is 11.6. The van der Waals surface area contributed by atoms with Gasteiger partial charge in [0.25, 0.3) is 0 Å². The van der Waals surface area contributed by atoms with Gasteiger partial charge in [0.1, 0.15) is 11.3 Å². The molecule has 8 nitrogen and oxygen atoms in total. The summed E-state index contributed by atoms with van der Waals surface area (Å²) in [6.07, 6.45) is 3.45. The molecule has 0 aliphatic heterocycles. The number of aromatic carboxylic acids is 1. The molecule has 0 fully saturated rings. The van der Waals surface area contributed by atoms with Crippen molar-refractivity contribution in [3.05, 3.63) is 51.8 Å². The van der Waals surface area contributed by atoms with Gasteiger partial charge in [-0.15, -0.1) is 0 Å². The molecule has 0 aliphatic rings. The van der Waals surface area contributed by atoms with Crippen LogP contribution in [0.3, 0.4) is 0 Å². The molecule has 1 aromatic carbocycles. The molecular formula is C13H14N4O4. The Bertz CT molecular complexity index is 695. The molecule has 8 heteroatoms. The Morgan fingerprint density at radius 2 is 2.24 bits per heavy atom. The Kier molecular flexibility index (Phi) is 3.88. The van der Waals surface area contributed by atoms with E-state index in [1.807, 2.05) is 0 Å². The number of carboxylic acid groups (broad SMARTS) is 1. The van der Waals surface area contributed by atoms with Crippen molar-refractivity contribution in [2.24, 2.45) is 7.05 Å². The first-order valence-electron chi connectivity index (χ1n) is 6.09. The summed E-state index contributed by atoms with van der Waals surface area (Å²) in [6.45, 7) is 0.387. The summed E-state index contributed by atoms with van der Waals surface area (Å²) in [6, 6.07) is 4.24. The quantitative estimate of drug-likeness (QED) is 0.663. The van der Waals surface area contributed by atoms with E-state index in [2.05, 4.69) is 5.10 Å². The van der Waals surface area contributed by atoms with Gasteiger partial charge < -0.3 is 10.0 Å². The van der Waals surface area contributed by atoms with Crippen LogP contribution in [0.5, 0.6) is 0 Å². The fourth-order valence-electron chi connectivity index (χ4n) is 2.12. The minimum absolute atomic E-state index is 0.253. The third-order valence-corrected chi connectivity index (χ3v) is 3.02. The molecule has 0 aliphatic carbocycles. The third kappa shape index (κ3) is 2.99. The lowest BCUT2D eigenvalue weighted by atomic mass is 10.1. The average Bonchev–Trinajstić information content (AvgIpc) is 2.82. The van der Waals surface area contributed by atoms with E-state index in [1.54, 1.807) is 36.1 Å². The first-order valence-corrected chi connectivity index (χ1v) is 6.09. The lowest BCUT2D eigenvalue weighted by molar-refractivity contribution is -0.384. The number of para-hydroxylation sites is 1. The van der Waals surface area contributed by atoms with Crippen LogP contribution < -0.4 is 4.90 Å². The standard InChI is InChI=1S/C13H14N4O4/c1-15(7-9-6-14-16(2)8-9)11-5-3-4-10(13(18)19)12(11)17(20)21/h3-6,8H,7H2,1-2H3,(H,18,19). The number of nitrogens with zero attached hydrogens (tertiary/aromatic N) is 4. The van der Waals surface area contributed by atoms with Gasteiger partial charge in [0.15, 0.2) is 0 Å². The maximum absolute atomic E-state index is 11.2. The molecule has 0 unspecified atom stereocenters. The van der Waals surface area contributed by atoms with Gasteiger partial charge in [-0.3, -0.25) is 14.8 Å². The Morgan fingerprint density at radius 1 is 1.52 bits per heavy atom. The number of benzene rings is 1. The summed E-state index contributed by atoms with van der Waals surface area (Å²) in [5.41, 5.74) is 0.394. The van der Waals surface area contributed by atoms with Crippen LogP contribution in [0.1, 0.15) is 15.9 Å². The number of nitro benzene ring substituents is 1. The highest BCUT2D eigenvalue weighted by molar-refractivity contribution is 5.95. The third-order valence-electron chi connectivity index (χ3n) is 3.02. The summed E-state index contributed by atoms with van der Waals surface area (Å²) in [5, 5.41) is 24.3. The smallest absolute Gasteiger partial charge is 0.342 e. The number of nitro groups is 1. The summed E-state index contributed by atoms with van der Waals surface area (Å²) >= 11 is 0. The van der Waals surface area contributed by atoms with Gasteiger partial charge in [-0.25, -0.2) is 4.79 Å². The second-order valence-corrected chi connectivity index (χ2v) is 4.61. The first kappa shape index (κ1) is 14.5. The van der Waals surface area contributed by atoms with Crippen molar-refractivity contribution in [3.63, 3.8) is 0 Å². The van der Waals surface area contributed by atoms with Crippen molar-refractivity contribution in [1.29, 1.82) is 0 Å². The van der Waals surface area contributed by atoms with Crippen LogP contribution in [0, 0.1) is 10.1 Å². The van der Waals surface area contributed by atoms with Crippen molar-refractivity contribution in [3.8, 4) is 0 Å². The molecule has 21 heavy (non-hydrogen) atoms. The molecule has 1 N–H and O–H groups in total. The van der Waals surface area contributed by atoms with E-state index in [1.165, 1.54) is 18.2 Å². The van der Waals surface area contributed by atoms with Crippen LogP contribution in [-0.2, 0) is 13.6 Å². The van der Waals surface area contributed by atoms with Gasteiger partial charge in [0.2, 0.25) is 0 Å². The van der Waals surface area contributed by atoms with Gasteiger partial charge in [0, 0.05) is 32.4 Å². The fourth-order valence-corrected chi connectivity index (χ4v) is 2.12. The molecular weight excluding hydrogens is 276 g/mol. The van der Waals surface area contributed by atoms with Gasteiger partial charge in [-0.1, -0.05) is 6.07 Å². The predicted octanol–water partition coefficient (Wildman–Crippen LogP) is 1.66. The van der Waals surface area contributed by atoms with E-state index >= 15 is 0 Å². The van der Waals surface area contributed by atoms with Crippen molar-refractivity contribution in [1.82, 2.24) is 9.78 Å². The van der Waals surface area contributed by atoms with E-state index in [0.29, 0.717) is 6.54 Å². The van der Waals surface area contributed by atoms with Crippen LogP contribution in [-0.4, -0.2) is 32.8 Å². The van der Waals surface area contributed by atoms with Crippen molar-refractivity contribution in [2.45, 2.75) is 6.54 Å². The van der Waals surface area contributed by atoms with Gasteiger partial charge in [0.05, 0.1) is 11.1 Å². The second kappa shape index (κ2) is 5.61. The second-order valence-electron chi connectivity index (χ2n) is 4.61. The summed E-state index contributed by atoms with van der Waals surface area (Å²) in [4.78, 5) is 23.3. The largest absolute Gasteiger partial charge is 0.477 e. The molecule has 0 spiro atoms. The van der Waals surface area contributed by atoms with Crippen molar-refractivity contribution in [2.75, 3.05) is 11.9 Å². The van der Waals surface area contributed by atoms with Gasteiger partial charge >= 0.3 is 11.7 Å². The fraction of sp³-hybridized carbons (Fsp3) is 0.231. The topological polar surface area (TPSA) is 102 Å². The molecule has 110 valence electrons. The molecule has 0 amide bonds. The Balaban J connectivity index is 2.40. The van der Waals surface area contributed by atoms with E-state index in [-0.39, 0.29) is 11.3 Å². The lowest BCUT2D eigenvalue weighted by Crippen LogP contribution is -2.18. The molecule has 1 heterocycles. The number of anilines is 1. The molecule has 0 saturated heterocycles. The van der Waals surface area contributed by atoms with Crippen molar-refractivity contribution < 1.29 is 14.8 Å². The normalized spacial score (nSPS) is 10.4. The molecule has 0 radical (unpaired) electrons. The lowest BCUT2D eigenvalue weighted by Gasteiger charge is -2.18. The Morgan fingerprint density at radius 3 is 2.76 bits per heavy atom. The molecule has 1 aromatic heterocycles. The number of aromatic nitrogens is 2. The maximum atomic E-state index is 11.2. The zero-order chi connectivity index (χ0) is 15.6. The Labute approximate surface area is 120 Å². The van der Waals surface area contributed by atoms with Crippen LogP contribution in [0.2, 0.25) is 0 Å². The van der Waals surface area contributed by atoms with Crippen LogP contribution >= 0.6 is 0 Å². The number of hydrogen-bond donors (Lipinski definition) is 1. The number of carboxylic acids is 1. The van der Waals surface area contributed by atoms with Gasteiger partial charge in [-0.05, 0) is 12.1 Å². The minimum atomic E-state index is -1.32. The zero-order valence-corrected chi connectivity index (χ0v) is 11.6. The van der Waals surface area contributed by atoms with Crippen LogP contribution in [0.25, 0.3) is 0 Å². The molecule has 2 aromatic rings. The summed E-state index contributed by atoms with van der Waals surface area (Å²) in [5.74, 6) is -1.32. The average molecular weight is 290 g/mol. The first-order chi connectivity index (χ1) is 9.90. The van der Waals surface area contributed by atoms with Crippen molar-refractivity contribution >= 4 is 17.3 Å². The maximum Gasteiger partial charge on any atom is 0.342 e. The minimum Gasteiger partial charge on any atom is -0.477 e. The SMILES string of the molecule is CN(Cc1cnn(C)c1)c1cccc(C(=O)O)c1[N+](=O)[O-]. The van der Waals surface area contributed by atoms with E-state index < -0.39 is 16.6 Å². The molecule has 0 atom stereocenters. The van der Waals surface area contributed by atoms with Crippen LogP contribution in [0.4, 0.5) is 11.4 Å². The monoisotopic (exact) mass is 290 g/mol. The summed E-state index contributed by atoms with van der Waals surface area (Å²) in [7, 11) is 3.44. The number of aryl methyl sites for hydroxylation is 1. The van der Waals surface area contributed by atoms with E-state index in [0.717, 1.165) is 5.56 Å².